The number of ether oxygens (including phenoxy) is 3. The molecule has 1 aromatic carbocycles. The van der Waals surface area contributed by atoms with E-state index in [0.717, 1.165) is 82.4 Å². The van der Waals surface area contributed by atoms with Crippen molar-refractivity contribution in [2.24, 2.45) is 0 Å². The first-order chi connectivity index (χ1) is 15.1. The van der Waals surface area contributed by atoms with Crippen molar-refractivity contribution in [1.29, 1.82) is 0 Å². The highest BCUT2D eigenvalue weighted by Gasteiger charge is 2.40. The smallest absolute Gasteiger partial charge is 0.229 e. The van der Waals surface area contributed by atoms with E-state index in [1.54, 1.807) is 14.2 Å². The van der Waals surface area contributed by atoms with Crippen LogP contribution in [0.3, 0.4) is 0 Å². The SMILES string of the molecule is COCCC1(c2noc(C3CCOCC3)n2)CCN(Cc2ccc(OC)c(C)c2)CC1. The summed E-state index contributed by atoms with van der Waals surface area (Å²) in [6, 6.07) is 6.46. The molecule has 2 aromatic rings. The third kappa shape index (κ3) is 5.10. The lowest BCUT2D eigenvalue weighted by Crippen LogP contribution is -2.43. The molecule has 170 valence electrons. The Balaban J connectivity index is 1.43. The first kappa shape index (κ1) is 22.2. The van der Waals surface area contributed by atoms with E-state index in [0.29, 0.717) is 12.5 Å². The van der Waals surface area contributed by atoms with Crippen LogP contribution < -0.4 is 4.74 Å². The van der Waals surface area contributed by atoms with E-state index in [4.69, 9.17) is 23.7 Å². The molecule has 2 aliphatic heterocycles. The second kappa shape index (κ2) is 10.1. The maximum Gasteiger partial charge on any atom is 0.229 e. The maximum atomic E-state index is 5.74. The van der Waals surface area contributed by atoms with Crippen molar-refractivity contribution in [2.75, 3.05) is 47.1 Å². The fraction of sp³-hybridized carbons (Fsp3) is 0.667. The van der Waals surface area contributed by atoms with E-state index in [-0.39, 0.29) is 5.41 Å². The number of nitrogens with zero attached hydrogens (tertiary/aromatic N) is 3. The Morgan fingerprint density at radius 2 is 1.94 bits per heavy atom. The molecular formula is C24H35N3O4. The number of hydrogen-bond donors (Lipinski definition) is 0. The van der Waals surface area contributed by atoms with Gasteiger partial charge in [0.05, 0.1) is 7.11 Å². The molecule has 4 rings (SSSR count). The molecule has 0 amide bonds. The van der Waals surface area contributed by atoms with E-state index in [2.05, 4.69) is 35.2 Å². The standard InChI is InChI=1S/C24H35N3O4/c1-18-16-19(4-5-21(18)29-3)17-27-11-8-24(9-12-27,10-15-28-2)23-25-22(31-26-23)20-6-13-30-14-7-20/h4-5,16,20H,6-15,17H2,1-3H3. The lowest BCUT2D eigenvalue weighted by Gasteiger charge is -2.40. The van der Waals surface area contributed by atoms with Gasteiger partial charge < -0.3 is 18.7 Å². The Morgan fingerprint density at radius 3 is 2.61 bits per heavy atom. The van der Waals surface area contributed by atoms with Crippen LogP contribution in [-0.4, -0.2) is 62.2 Å². The van der Waals surface area contributed by atoms with E-state index >= 15 is 0 Å². The molecule has 3 heterocycles. The predicted molar refractivity (Wildman–Crippen MR) is 118 cm³/mol. The summed E-state index contributed by atoms with van der Waals surface area (Å²) in [4.78, 5) is 7.42. The summed E-state index contributed by atoms with van der Waals surface area (Å²) in [6.45, 7) is 7.32. The number of hydrogen-bond acceptors (Lipinski definition) is 7. The molecule has 0 radical (unpaired) electrons. The van der Waals surface area contributed by atoms with E-state index in [1.165, 1.54) is 11.1 Å². The van der Waals surface area contributed by atoms with Gasteiger partial charge in [0, 0.05) is 44.8 Å². The Bertz CT molecular complexity index is 839. The fourth-order valence-corrected chi connectivity index (χ4v) is 4.88. The highest BCUT2D eigenvalue weighted by Crippen LogP contribution is 2.39. The molecule has 2 fully saturated rings. The summed E-state index contributed by atoms with van der Waals surface area (Å²) in [5.74, 6) is 2.92. The fourth-order valence-electron chi connectivity index (χ4n) is 4.88. The third-order valence-electron chi connectivity index (χ3n) is 6.95. The molecular weight excluding hydrogens is 394 g/mol. The number of rotatable bonds is 8. The minimum atomic E-state index is -0.0742. The van der Waals surface area contributed by atoms with Crippen molar-refractivity contribution in [2.45, 2.75) is 56.9 Å². The van der Waals surface area contributed by atoms with Crippen molar-refractivity contribution in [3.63, 3.8) is 0 Å². The van der Waals surface area contributed by atoms with Crippen molar-refractivity contribution in [1.82, 2.24) is 15.0 Å². The molecule has 2 saturated heterocycles. The predicted octanol–water partition coefficient (Wildman–Crippen LogP) is 3.85. The summed E-state index contributed by atoms with van der Waals surface area (Å²) in [5.41, 5.74) is 2.43. The Hall–Kier alpha value is -1.96. The summed E-state index contributed by atoms with van der Waals surface area (Å²) in [7, 11) is 3.48. The van der Waals surface area contributed by atoms with Crippen LogP contribution >= 0.6 is 0 Å². The van der Waals surface area contributed by atoms with Gasteiger partial charge in [-0.05, 0) is 69.3 Å². The number of aryl methyl sites for hydroxylation is 1. The van der Waals surface area contributed by atoms with Crippen LogP contribution in [0, 0.1) is 6.92 Å². The molecule has 1 aromatic heterocycles. The first-order valence-corrected chi connectivity index (χ1v) is 11.4. The zero-order chi connectivity index (χ0) is 21.7. The number of aromatic nitrogens is 2. The molecule has 2 aliphatic rings. The summed E-state index contributed by atoms with van der Waals surface area (Å²) >= 11 is 0. The summed E-state index contributed by atoms with van der Waals surface area (Å²) in [5, 5.41) is 4.46. The average molecular weight is 430 g/mol. The summed E-state index contributed by atoms with van der Waals surface area (Å²) < 4.78 is 22.1. The molecule has 0 bridgehead atoms. The molecule has 0 N–H and O–H groups in total. The van der Waals surface area contributed by atoms with Crippen LogP contribution in [0.2, 0.25) is 0 Å². The van der Waals surface area contributed by atoms with Crippen LogP contribution in [0.5, 0.6) is 5.75 Å². The number of likely N-dealkylation sites (tertiary alicyclic amines) is 1. The number of benzene rings is 1. The molecule has 0 atom stereocenters. The normalized spacial score (nSPS) is 20.1. The highest BCUT2D eigenvalue weighted by atomic mass is 16.5. The largest absolute Gasteiger partial charge is 0.496 e. The van der Waals surface area contributed by atoms with Crippen LogP contribution in [0.4, 0.5) is 0 Å². The average Bonchev–Trinajstić information content (AvgIpc) is 3.31. The van der Waals surface area contributed by atoms with Crippen molar-refractivity contribution in [3.8, 4) is 5.75 Å². The summed E-state index contributed by atoms with van der Waals surface area (Å²) in [6.07, 6.45) is 4.87. The zero-order valence-electron chi connectivity index (χ0n) is 19.1. The van der Waals surface area contributed by atoms with Crippen LogP contribution in [0.1, 0.15) is 60.9 Å². The number of methoxy groups -OCH3 is 2. The van der Waals surface area contributed by atoms with Crippen molar-refractivity contribution >= 4 is 0 Å². The van der Waals surface area contributed by atoms with E-state index < -0.39 is 0 Å². The quantitative estimate of drug-likeness (QED) is 0.631. The highest BCUT2D eigenvalue weighted by molar-refractivity contribution is 5.36. The molecule has 31 heavy (non-hydrogen) atoms. The topological polar surface area (TPSA) is 69.9 Å². The van der Waals surface area contributed by atoms with Gasteiger partial charge in [0.15, 0.2) is 5.82 Å². The van der Waals surface area contributed by atoms with Crippen LogP contribution in [-0.2, 0) is 21.4 Å². The number of piperidine rings is 1. The van der Waals surface area contributed by atoms with Gasteiger partial charge in [0.2, 0.25) is 5.89 Å². The Kier molecular flexibility index (Phi) is 7.25. The lowest BCUT2D eigenvalue weighted by atomic mass is 9.75. The van der Waals surface area contributed by atoms with Gasteiger partial charge in [-0.2, -0.15) is 4.98 Å². The van der Waals surface area contributed by atoms with Crippen molar-refractivity contribution in [3.05, 3.63) is 41.0 Å². The third-order valence-corrected chi connectivity index (χ3v) is 6.95. The monoisotopic (exact) mass is 429 g/mol. The minimum absolute atomic E-state index is 0.0742. The van der Waals surface area contributed by atoms with Gasteiger partial charge in [-0.15, -0.1) is 0 Å². The second-order valence-electron chi connectivity index (χ2n) is 8.95. The molecule has 0 saturated carbocycles. The van der Waals surface area contributed by atoms with Gasteiger partial charge >= 0.3 is 0 Å². The molecule has 0 spiro atoms. The Labute approximate surface area is 185 Å². The molecule has 0 aliphatic carbocycles. The van der Waals surface area contributed by atoms with Gasteiger partial charge in [0.1, 0.15) is 5.75 Å². The van der Waals surface area contributed by atoms with Gasteiger partial charge in [-0.3, -0.25) is 4.90 Å². The first-order valence-electron chi connectivity index (χ1n) is 11.4. The molecule has 0 unspecified atom stereocenters. The second-order valence-corrected chi connectivity index (χ2v) is 8.95. The van der Waals surface area contributed by atoms with E-state index in [1.807, 2.05) is 0 Å². The van der Waals surface area contributed by atoms with Gasteiger partial charge in [-0.1, -0.05) is 17.3 Å². The molecule has 7 heteroatoms. The minimum Gasteiger partial charge on any atom is -0.496 e. The van der Waals surface area contributed by atoms with Gasteiger partial charge in [-0.25, -0.2) is 0 Å². The van der Waals surface area contributed by atoms with Crippen molar-refractivity contribution < 1.29 is 18.7 Å². The van der Waals surface area contributed by atoms with Crippen LogP contribution in [0.25, 0.3) is 0 Å². The Morgan fingerprint density at radius 1 is 1.16 bits per heavy atom. The maximum absolute atomic E-state index is 5.74. The molecule has 7 nitrogen and oxygen atoms in total. The lowest BCUT2D eigenvalue weighted by molar-refractivity contribution is 0.0778. The van der Waals surface area contributed by atoms with E-state index in [9.17, 15) is 0 Å². The van der Waals surface area contributed by atoms with Crippen LogP contribution in [0.15, 0.2) is 22.7 Å². The van der Waals surface area contributed by atoms with Gasteiger partial charge in [0.25, 0.3) is 0 Å². The zero-order valence-corrected chi connectivity index (χ0v) is 19.1.